The first-order valence-corrected chi connectivity index (χ1v) is 6.41. The Morgan fingerprint density at radius 2 is 2.05 bits per heavy atom. The Hall–Kier alpha value is -2.25. The van der Waals surface area contributed by atoms with Crippen LogP contribution in [0.1, 0.15) is 19.7 Å². The summed E-state index contributed by atoms with van der Waals surface area (Å²) in [5.41, 5.74) is 0. The van der Waals surface area contributed by atoms with Crippen LogP contribution in [0.3, 0.4) is 0 Å². The molecule has 2 heterocycles. The molecule has 0 aliphatic carbocycles. The van der Waals surface area contributed by atoms with Gasteiger partial charge < -0.3 is 0 Å². The number of imide groups is 2. The lowest BCUT2D eigenvalue weighted by Crippen LogP contribution is -2.59. The summed E-state index contributed by atoms with van der Waals surface area (Å²) in [4.78, 5) is 40.7. The fraction of sp³-hybridized carbons (Fsp3) is 0.583. The summed E-state index contributed by atoms with van der Waals surface area (Å²) in [6.45, 7) is 3.71. The number of amides is 4. The second-order valence-corrected chi connectivity index (χ2v) is 5.09. The molecule has 8 heteroatoms. The Morgan fingerprint density at radius 1 is 1.35 bits per heavy atom. The largest absolute Gasteiger partial charge is 0.330 e. The van der Waals surface area contributed by atoms with Gasteiger partial charge in [0.25, 0.3) is 0 Å². The highest BCUT2D eigenvalue weighted by Crippen LogP contribution is 2.18. The summed E-state index contributed by atoms with van der Waals surface area (Å²) in [5.74, 6) is -1.41. The topological polar surface area (TPSA) is 97.2 Å². The van der Waals surface area contributed by atoms with Crippen molar-refractivity contribution in [2.24, 2.45) is 18.9 Å². The maximum atomic E-state index is 12.2. The van der Waals surface area contributed by atoms with Crippen LogP contribution in [0.4, 0.5) is 4.79 Å². The van der Waals surface area contributed by atoms with Gasteiger partial charge in [0.1, 0.15) is 12.2 Å². The zero-order valence-electron chi connectivity index (χ0n) is 11.7. The van der Waals surface area contributed by atoms with E-state index in [0.717, 1.165) is 4.90 Å². The highest BCUT2D eigenvalue weighted by atomic mass is 16.2. The van der Waals surface area contributed by atoms with E-state index in [2.05, 4.69) is 15.4 Å². The number of barbiturate groups is 1. The summed E-state index contributed by atoms with van der Waals surface area (Å²) < 4.78 is 1.55. The minimum Gasteiger partial charge on any atom is -0.277 e. The molecular formula is C12H17N5O3. The number of hydrogen-bond donors (Lipinski definition) is 1. The minimum absolute atomic E-state index is 0.158. The van der Waals surface area contributed by atoms with Crippen molar-refractivity contribution in [1.82, 2.24) is 25.0 Å². The van der Waals surface area contributed by atoms with Gasteiger partial charge in [-0.1, -0.05) is 13.8 Å². The fourth-order valence-electron chi connectivity index (χ4n) is 2.14. The summed E-state index contributed by atoms with van der Waals surface area (Å²) in [7, 11) is 1.74. The summed E-state index contributed by atoms with van der Waals surface area (Å²) in [5, 5.41) is 6.30. The van der Waals surface area contributed by atoms with Crippen LogP contribution in [-0.2, 0) is 23.1 Å². The molecule has 0 radical (unpaired) electrons. The molecule has 1 atom stereocenters. The third kappa shape index (κ3) is 2.68. The summed E-state index contributed by atoms with van der Waals surface area (Å²) >= 11 is 0. The second-order valence-electron chi connectivity index (χ2n) is 5.09. The first kappa shape index (κ1) is 14.2. The first-order chi connectivity index (χ1) is 9.40. The van der Waals surface area contributed by atoms with Crippen LogP contribution in [0.2, 0.25) is 0 Å². The number of nitrogens with one attached hydrogen (secondary N) is 1. The molecule has 2 rings (SSSR count). The van der Waals surface area contributed by atoms with E-state index in [1.54, 1.807) is 31.9 Å². The SMILES string of the molecule is CC(C)C1C(=O)NC(=O)N(CCc2ncn(C)n2)C1=O. The van der Waals surface area contributed by atoms with Crippen LogP contribution < -0.4 is 5.32 Å². The Bertz CT molecular complexity index is 551. The van der Waals surface area contributed by atoms with E-state index >= 15 is 0 Å². The lowest BCUT2D eigenvalue weighted by molar-refractivity contribution is -0.144. The average molecular weight is 279 g/mol. The van der Waals surface area contributed by atoms with E-state index in [4.69, 9.17) is 0 Å². The summed E-state index contributed by atoms with van der Waals surface area (Å²) in [6, 6.07) is -0.673. The average Bonchev–Trinajstić information content (AvgIpc) is 2.73. The molecule has 108 valence electrons. The standard InChI is InChI=1S/C12H17N5O3/c1-7(2)9-10(18)14-12(20)17(11(9)19)5-4-8-13-6-16(3)15-8/h6-7,9H,4-5H2,1-3H3,(H,14,18,20). The van der Waals surface area contributed by atoms with Crippen LogP contribution in [0.5, 0.6) is 0 Å². The van der Waals surface area contributed by atoms with Gasteiger partial charge in [-0.3, -0.25) is 24.5 Å². The maximum Gasteiger partial charge on any atom is 0.330 e. The molecule has 0 bridgehead atoms. The Balaban J connectivity index is 2.07. The molecule has 0 spiro atoms. The van der Waals surface area contributed by atoms with E-state index in [1.807, 2.05) is 0 Å². The van der Waals surface area contributed by atoms with E-state index in [0.29, 0.717) is 12.2 Å². The highest BCUT2D eigenvalue weighted by Gasteiger charge is 2.41. The van der Waals surface area contributed by atoms with Gasteiger partial charge in [-0.25, -0.2) is 9.78 Å². The van der Waals surface area contributed by atoms with Gasteiger partial charge in [0, 0.05) is 20.0 Å². The monoisotopic (exact) mass is 279 g/mol. The predicted molar refractivity (Wildman–Crippen MR) is 68.3 cm³/mol. The molecule has 0 saturated carbocycles. The third-order valence-electron chi connectivity index (χ3n) is 3.16. The number of hydrogen-bond acceptors (Lipinski definition) is 5. The van der Waals surface area contributed by atoms with Crippen molar-refractivity contribution in [3.05, 3.63) is 12.2 Å². The molecule has 1 fully saturated rings. The summed E-state index contributed by atoms with van der Waals surface area (Å²) in [6.07, 6.45) is 1.91. The molecule has 4 amide bonds. The van der Waals surface area contributed by atoms with Crippen LogP contribution >= 0.6 is 0 Å². The molecule has 1 aromatic heterocycles. The number of rotatable bonds is 4. The molecule has 0 aromatic carbocycles. The molecule has 1 aromatic rings. The lowest BCUT2D eigenvalue weighted by atomic mass is 9.92. The lowest BCUT2D eigenvalue weighted by Gasteiger charge is -2.31. The minimum atomic E-state index is -0.815. The van der Waals surface area contributed by atoms with Gasteiger partial charge in [-0.2, -0.15) is 5.10 Å². The van der Waals surface area contributed by atoms with E-state index in [1.165, 1.54) is 0 Å². The van der Waals surface area contributed by atoms with Crippen LogP contribution in [0, 0.1) is 11.8 Å². The van der Waals surface area contributed by atoms with E-state index < -0.39 is 23.8 Å². The maximum absolute atomic E-state index is 12.2. The second kappa shape index (κ2) is 5.40. The molecule has 20 heavy (non-hydrogen) atoms. The molecular weight excluding hydrogens is 262 g/mol. The van der Waals surface area contributed by atoms with Crippen molar-refractivity contribution in [3.63, 3.8) is 0 Å². The Kier molecular flexibility index (Phi) is 3.82. The molecule has 1 unspecified atom stereocenters. The van der Waals surface area contributed by atoms with Gasteiger partial charge in [-0.05, 0) is 5.92 Å². The zero-order valence-corrected chi connectivity index (χ0v) is 11.7. The molecule has 1 aliphatic rings. The van der Waals surface area contributed by atoms with Gasteiger partial charge >= 0.3 is 6.03 Å². The van der Waals surface area contributed by atoms with Crippen molar-refractivity contribution in [1.29, 1.82) is 0 Å². The zero-order chi connectivity index (χ0) is 14.9. The normalized spacial score (nSPS) is 19.7. The molecule has 8 nitrogen and oxygen atoms in total. The van der Waals surface area contributed by atoms with E-state index in [-0.39, 0.29) is 12.5 Å². The smallest absolute Gasteiger partial charge is 0.277 e. The van der Waals surface area contributed by atoms with Gasteiger partial charge in [0.05, 0.1) is 0 Å². The van der Waals surface area contributed by atoms with Crippen molar-refractivity contribution in [2.75, 3.05) is 6.54 Å². The van der Waals surface area contributed by atoms with Crippen molar-refractivity contribution in [3.8, 4) is 0 Å². The van der Waals surface area contributed by atoms with Gasteiger partial charge in [-0.15, -0.1) is 0 Å². The van der Waals surface area contributed by atoms with Crippen molar-refractivity contribution < 1.29 is 14.4 Å². The Labute approximate surface area is 116 Å². The van der Waals surface area contributed by atoms with Crippen LogP contribution in [0.25, 0.3) is 0 Å². The Morgan fingerprint density at radius 3 is 2.60 bits per heavy atom. The van der Waals surface area contributed by atoms with Crippen LogP contribution in [0.15, 0.2) is 6.33 Å². The number of carbonyl (C=O) groups excluding carboxylic acids is 3. The first-order valence-electron chi connectivity index (χ1n) is 6.41. The quantitative estimate of drug-likeness (QED) is 0.764. The molecule has 1 N–H and O–H groups in total. The van der Waals surface area contributed by atoms with Gasteiger partial charge in [0.2, 0.25) is 11.8 Å². The number of nitrogens with zero attached hydrogens (tertiary/aromatic N) is 4. The van der Waals surface area contributed by atoms with Crippen molar-refractivity contribution in [2.45, 2.75) is 20.3 Å². The number of carbonyl (C=O) groups is 3. The predicted octanol–water partition coefficient (Wildman–Crippen LogP) is -0.292. The number of urea groups is 1. The fourth-order valence-corrected chi connectivity index (χ4v) is 2.14. The van der Waals surface area contributed by atoms with Crippen molar-refractivity contribution >= 4 is 17.8 Å². The number of aryl methyl sites for hydroxylation is 1. The van der Waals surface area contributed by atoms with Gasteiger partial charge in [0.15, 0.2) is 5.82 Å². The highest BCUT2D eigenvalue weighted by molar-refractivity contribution is 6.16. The third-order valence-corrected chi connectivity index (χ3v) is 3.16. The number of aromatic nitrogens is 3. The molecule has 1 saturated heterocycles. The van der Waals surface area contributed by atoms with Crippen LogP contribution in [-0.4, -0.2) is 44.1 Å². The van der Waals surface area contributed by atoms with E-state index in [9.17, 15) is 14.4 Å². The molecule has 1 aliphatic heterocycles.